The summed E-state index contributed by atoms with van der Waals surface area (Å²) in [5.41, 5.74) is 10.1. The summed E-state index contributed by atoms with van der Waals surface area (Å²) in [5.74, 6) is -1.58. The number of carbonyl (C=O) groups is 3. The Balaban J connectivity index is 1.66. The summed E-state index contributed by atoms with van der Waals surface area (Å²) in [4.78, 5) is 43.6. The average Bonchev–Trinajstić information content (AvgIpc) is 3.20. The number of nitrogens with zero attached hydrogens (tertiary/aromatic N) is 2. The van der Waals surface area contributed by atoms with Crippen LogP contribution in [0.25, 0.3) is 11.1 Å². The van der Waals surface area contributed by atoms with Crippen LogP contribution >= 0.6 is 0 Å². The van der Waals surface area contributed by atoms with Crippen LogP contribution in [0, 0.1) is 0 Å². The van der Waals surface area contributed by atoms with Gasteiger partial charge in [0.1, 0.15) is 6.04 Å². The summed E-state index contributed by atoms with van der Waals surface area (Å²) >= 11 is 0. The van der Waals surface area contributed by atoms with Crippen LogP contribution in [0.1, 0.15) is 38.7 Å². The highest BCUT2D eigenvalue weighted by molar-refractivity contribution is 6.65. The van der Waals surface area contributed by atoms with Crippen molar-refractivity contribution in [3.63, 3.8) is 0 Å². The second-order valence-corrected chi connectivity index (χ2v) is 8.42. The molecule has 0 spiro atoms. The zero-order chi connectivity index (χ0) is 23.5. The Bertz CT molecular complexity index is 1130. The van der Waals surface area contributed by atoms with Crippen molar-refractivity contribution in [3.8, 4) is 11.1 Å². The molecule has 33 heavy (non-hydrogen) atoms. The average molecular weight is 442 g/mol. The molecule has 7 nitrogen and oxygen atoms in total. The molecule has 0 aliphatic carbocycles. The molecule has 2 atom stereocenters. The molecule has 2 aromatic rings. The van der Waals surface area contributed by atoms with E-state index in [9.17, 15) is 14.4 Å². The Hall–Kier alpha value is -3.68. The molecule has 3 N–H and O–H groups in total. The molecule has 3 amide bonds. The third kappa shape index (κ3) is 4.60. The van der Waals surface area contributed by atoms with E-state index in [2.05, 4.69) is 17.4 Å². The smallest absolute Gasteiger partial charge is 0.368 e. The van der Waals surface area contributed by atoms with Crippen LogP contribution in [0.2, 0.25) is 5.82 Å². The summed E-state index contributed by atoms with van der Waals surface area (Å²) in [6.45, 7) is 2.76. The zero-order valence-electron chi connectivity index (χ0n) is 18.8. The molecule has 1 fully saturated rings. The lowest BCUT2D eigenvalue weighted by Crippen LogP contribution is -2.51. The first-order valence-electron chi connectivity index (χ1n) is 11.2. The number of benzene rings is 2. The zero-order valence-corrected chi connectivity index (χ0v) is 18.8. The SMILES string of the molecule is CCC(B1N=C(c2ccc(-c3ccccc3)cc2)C=C2CCC(=O)N12)C(=O)N[C@@H](C)C(N)=O. The first-order valence-corrected chi connectivity index (χ1v) is 11.2. The lowest BCUT2D eigenvalue weighted by molar-refractivity contribution is -0.127. The molecule has 8 heteroatoms. The van der Waals surface area contributed by atoms with Gasteiger partial charge in [-0.3, -0.25) is 14.4 Å². The van der Waals surface area contributed by atoms with Gasteiger partial charge in [-0.15, -0.1) is 0 Å². The fourth-order valence-corrected chi connectivity index (χ4v) is 4.31. The summed E-state index contributed by atoms with van der Waals surface area (Å²) in [6.07, 6.45) is 3.42. The standard InChI is InChI=1S/C25H27BN4O3/c1-3-21(25(33)28-16(2)24(27)32)26-29-22(15-20-13-14-23(31)30(20)26)19-11-9-18(10-12-19)17-7-5-4-6-8-17/h4-12,15-16,21H,3,13-14H2,1-2H3,(H2,27,32)(H,28,33)/t16-,21?/m0/s1. The minimum absolute atomic E-state index is 0.0392. The van der Waals surface area contributed by atoms with Gasteiger partial charge in [-0.1, -0.05) is 61.5 Å². The highest BCUT2D eigenvalue weighted by Crippen LogP contribution is 2.34. The van der Waals surface area contributed by atoms with Gasteiger partial charge in [-0.2, -0.15) is 0 Å². The highest BCUT2D eigenvalue weighted by atomic mass is 16.2. The highest BCUT2D eigenvalue weighted by Gasteiger charge is 2.45. The predicted molar refractivity (Wildman–Crippen MR) is 129 cm³/mol. The van der Waals surface area contributed by atoms with E-state index in [0.29, 0.717) is 19.3 Å². The molecular weight excluding hydrogens is 415 g/mol. The van der Waals surface area contributed by atoms with E-state index in [1.807, 2.05) is 55.5 Å². The van der Waals surface area contributed by atoms with Gasteiger partial charge in [0.25, 0.3) is 0 Å². The topological polar surface area (TPSA) is 105 Å². The fourth-order valence-electron chi connectivity index (χ4n) is 4.31. The molecule has 2 aliphatic heterocycles. The lowest BCUT2D eigenvalue weighted by atomic mass is 9.58. The van der Waals surface area contributed by atoms with E-state index in [4.69, 9.17) is 10.6 Å². The number of allylic oxidation sites excluding steroid dienone is 2. The largest absolute Gasteiger partial charge is 0.414 e. The number of hydrogen-bond donors (Lipinski definition) is 2. The summed E-state index contributed by atoms with van der Waals surface area (Å²) in [5, 5.41) is 2.66. The monoisotopic (exact) mass is 442 g/mol. The van der Waals surface area contributed by atoms with Gasteiger partial charge in [-0.05, 0) is 42.5 Å². The summed E-state index contributed by atoms with van der Waals surface area (Å²) in [6, 6.07) is 17.4. The van der Waals surface area contributed by atoms with Crippen molar-refractivity contribution in [1.82, 2.24) is 10.1 Å². The van der Waals surface area contributed by atoms with Gasteiger partial charge in [0.15, 0.2) is 0 Å². The second kappa shape index (κ2) is 9.44. The Kier molecular flexibility index (Phi) is 6.44. The maximum absolute atomic E-state index is 13.0. The third-order valence-electron chi connectivity index (χ3n) is 6.22. The van der Waals surface area contributed by atoms with Gasteiger partial charge in [0.2, 0.25) is 17.7 Å². The molecule has 0 bridgehead atoms. The number of nitrogens with two attached hydrogens (primary N) is 1. The molecule has 2 heterocycles. The Morgan fingerprint density at radius 1 is 1.06 bits per heavy atom. The molecular formula is C25H27BN4O3. The maximum Gasteiger partial charge on any atom is 0.414 e. The van der Waals surface area contributed by atoms with E-state index < -0.39 is 24.7 Å². The normalized spacial score (nSPS) is 17.1. The summed E-state index contributed by atoms with van der Waals surface area (Å²) in [7, 11) is 0. The van der Waals surface area contributed by atoms with E-state index >= 15 is 0 Å². The number of rotatable bonds is 7. The van der Waals surface area contributed by atoms with Gasteiger partial charge < -0.3 is 20.8 Å². The molecule has 4 rings (SSSR count). The van der Waals surface area contributed by atoms with E-state index in [1.54, 1.807) is 11.7 Å². The van der Waals surface area contributed by atoms with Gasteiger partial charge in [0.05, 0.1) is 11.5 Å². The second-order valence-electron chi connectivity index (χ2n) is 8.42. The number of hydrogen-bond acceptors (Lipinski definition) is 4. The Labute approximate surface area is 193 Å². The van der Waals surface area contributed by atoms with E-state index in [-0.39, 0.29) is 11.8 Å². The fraction of sp³-hybridized carbons (Fsp3) is 0.280. The van der Waals surface area contributed by atoms with E-state index in [0.717, 1.165) is 28.1 Å². The number of nitrogens with one attached hydrogen (secondary N) is 1. The van der Waals surface area contributed by atoms with Crippen molar-refractivity contribution in [3.05, 3.63) is 71.9 Å². The minimum Gasteiger partial charge on any atom is -0.368 e. The van der Waals surface area contributed by atoms with Crippen LogP contribution in [0.4, 0.5) is 0 Å². The van der Waals surface area contributed by atoms with Gasteiger partial charge >= 0.3 is 6.98 Å². The van der Waals surface area contributed by atoms with Crippen molar-refractivity contribution >= 4 is 30.4 Å². The predicted octanol–water partition coefficient (Wildman–Crippen LogP) is 2.92. The van der Waals surface area contributed by atoms with Crippen LogP contribution in [0.15, 0.2) is 71.3 Å². The van der Waals surface area contributed by atoms with Crippen LogP contribution in [-0.4, -0.2) is 41.3 Å². The number of primary amides is 1. The van der Waals surface area contributed by atoms with Crippen LogP contribution < -0.4 is 11.1 Å². The quantitative estimate of drug-likeness (QED) is 0.645. The van der Waals surface area contributed by atoms with Crippen molar-refractivity contribution in [2.45, 2.75) is 45.0 Å². The first-order chi connectivity index (χ1) is 15.9. The van der Waals surface area contributed by atoms with Crippen molar-refractivity contribution < 1.29 is 14.4 Å². The molecule has 0 radical (unpaired) electrons. The molecule has 0 aromatic heterocycles. The minimum atomic E-state index is -0.798. The molecule has 1 unspecified atom stereocenters. The molecule has 1 saturated heterocycles. The van der Waals surface area contributed by atoms with Crippen LogP contribution in [0.5, 0.6) is 0 Å². The summed E-state index contributed by atoms with van der Waals surface area (Å²) < 4.78 is 0. The van der Waals surface area contributed by atoms with Crippen LogP contribution in [-0.2, 0) is 14.4 Å². The number of amides is 3. The number of carbonyl (C=O) groups excluding carboxylic acids is 3. The van der Waals surface area contributed by atoms with Crippen molar-refractivity contribution in [1.29, 1.82) is 0 Å². The molecule has 2 aliphatic rings. The first kappa shape index (κ1) is 22.5. The number of fused-ring (bicyclic) bond motifs is 1. The van der Waals surface area contributed by atoms with E-state index in [1.165, 1.54) is 0 Å². The molecule has 0 saturated carbocycles. The molecule has 168 valence electrons. The van der Waals surface area contributed by atoms with Crippen LogP contribution in [0.3, 0.4) is 0 Å². The molecule has 2 aromatic carbocycles. The third-order valence-corrected chi connectivity index (χ3v) is 6.22. The van der Waals surface area contributed by atoms with Gasteiger partial charge in [-0.25, -0.2) is 0 Å². The Morgan fingerprint density at radius 2 is 1.70 bits per heavy atom. The Morgan fingerprint density at radius 3 is 2.33 bits per heavy atom. The van der Waals surface area contributed by atoms with Gasteiger partial charge in [0, 0.05) is 12.1 Å². The van der Waals surface area contributed by atoms with Crippen molar-refractivity contribution in [2.75, 3.05) is 0 Å². The maximum atomic E-state index is 13.0. The lowest BCUT2D eigenvalue weighted by Gasteiger charge is -2.32. The van der Waals surface area contributed by atoms with Crippen molar-refractivity contribution in [2.24, 2.45) is 10.6 Å².